The molecule has 4 N–H and O–H groups in total. The van der Waals surface area contributed by atoms with Crippen LogP contribution in [-0.4, -0.2) is 4.98 Å². The molecule has 0 aliphatic carbocycles. The van der Waals surface area contributed by atoms with Gasteiger partial charge in [0.15, 0.2) is 0 Å². The Labute approximate surface area is 74.4 Å². The number of pyridine rings is 1. The van der Waals surface area contributed by atoms with Crippen LogP contribution in [0.25, 0.3) is 10.9 Å². The summed E-state index contributed by atoms with van der Waals surface area (Å²) in [7, 11) is 0. The Hall–Kier alpha value is -1.81. The number of nitrogens with one attached hydrogen (secondary N) is 2. The van der Waals surface area contributed by atoms with Crippen LogP contribution < -0.4 is 16.8 Å². The van der Waals surface area contributed by atoms with E-state index in [2.05, 4.69) is 10.4 Å². The SMILES string of the molecule is NNc1cccc2[nH]c(=O)ccc12. The molecule has 0 saturated heterocycles. The van der Waals surface area contributed by atoms with E-state index < -0.39 is 0 Å². The number of rotatable bonds is 1. The second-order valence-corrected chi connectivity index (χ2v) is 2.73. The van der Waals surface area contributed by atoms with Gasteiger partial charge in [0.1, 0.15) is 0 Å². The fraction of sp³-hybridized carbons (Fsp3) is 0. The van der Waals surface area contributed by atoms with Gasteiger partial charge in [-0.2, -0.15) is 0 Å². The van der Waals surface area contributed by atoms with Gasteiger partial charge in [0.2, 0.25) is 5.56 Å². The van der Waals surface area contributed by atoms with Crippen molar-refractivity contribution in [1.82, 2.24) is 4.98 Å². The van der Waals surface area contributed by atoms with E-state index in [1.807, 2.05) is 18.2 Å². The predicted octanol–water partition coefficient (Wildman–Crippen LogP) is 0.814. The van der Waals surface area contributed by atoms with Gasteiger partial charge < -0.3 is 10.4 Å². The van der Waals surface area contributed by atoms with Gasteiger partial charge in [0, 0.05) is 11.5 Å². The van der Waals surface area contributed by atoms with E-state index in [1.165, 1.54) is 6.07 Å². The molecule has 0 spiro atoms. The summed E-state index contributed by atoms with van der Waals surface area (Å²) in [6, 6.07) is 8.72. The maximum absolute atomic E-state index is 11.0. The summed E-state index contributed by atoms with van der Waals surface area (Å²) in [5.41, 5.74) is 4.04. The lowest BCUT2D eigenvalue weighted by atomic mass is 10.2. The van der Waals surface area contributed by atoms with Crippen molar-refractivity contribution in [3.8, 4) is 0 Å². The number of hydrazine groups is 1. The fourth-order valence-corrected chi connectivity index (χ4v) is 1.31. The standard InChI is InChI=1S/C9H9N3O/c10-12-8-3-1-2-7-6(8)4-5-9(13)11-7/h1-5,12H,10H2,(H,11,13). The minimum absolute atomic E-state index is 0.110. The lowest BCUT2D eigenvalue weighted by Crippen LogP contribution is -2.08. The molecule has 0 aliphatic heterocycles. The van der Waals surface area contributed by atoms with Crippen LogP contribution in [-0.2, 0) is 0 Å². The molecule has 13 heavy (non-hydrogen) atoms. The molecule has 1 heterocycles. The monoisotopic (exact) mass is 175 g/mol. The van der Waals surface area contributed by atoms with Crippen LogP contribution in [0.15, 0.2) is 35.1 Å². The normalized spacial score (nSPS) is 10.2. The summed E-state index contributed by atoms with van der Waals surface area (Å²) in [5.74, 6) is 5.31. The number of hydrogen-bond acceptors (Lipinski definition) is 3. The summed E-state index contributed by atoms with van der Waals surface area (Å²) < 4.78 is 0. The summed E-state index contributed by atoms with van der Waals surface area (Å²) in [5, 5.41) is 0.907. The minimum atomic E-state index is -0.110. The molecule has 0 amide bonds. The van der Waals surface area contributed by atoms with E-state index in [0.717, 1.165) is 16.6 Å². The van der Waals surface area contributed by atoms with Crippen LogP contribution >= 0.6 is 0 Å². The van der Waals surface area contributed by atoms with E-state index in [1.54, 1.807) is 6.07 Å². The molecule has 0 atom stereocenters. The number of hydrogen-bond donors (Lipinski definition) is 3. The van der Waals surface area contributed by atoms with Crippen molar-refractivity contribution >= 4 is 16.6 Å². The lowest BCUT2D eigenvalue weighted by molar-refractivity contribution is 1.30. The molecule has 0 unspecified atom stereocenters. The smallest absolute Gasteiger partial charge is 0.248 e. The first-order valence-corrected chi connectivity index (χ1v) is 3.90. The lowest BCUT2D eigenvalue weighted by Gasteiger charge is -2.03. The molecular formula is C9H9N3O. The zero-order chi connectivity index (χ0) is 9.26. The number of aromatic nitrogens is 1. The van der Waals surface area contributed by atoms with Gasteiger partial charge >= 0.3 is 0 Å². The van der Waals surface area contributed by atoms with Gasteiger partial charge in [-0.1, -0.05) is 6.07 Å². The number of benzene rings is 1. The van der Waals surface area contributed by atoms with E-state index in [-0.39, 0.29) is 5.56 Å². The molecule has 0 fully saturated rings. The number of anilines is 1. The van der Waals surface area contributed by atoms with Gasteiger partial charge in [0.25, 0.3) is 0 Å². The summed E-state index contributed by atoms with van der Waals surface area (Å²) in [6.45, 7) is 0. The molecule has 0 saturated carbocycles. The van der Waals surface area contributed by atoms with Crippen LogP contribution in [0, 0.1) is 0 Å². The molecule has 0 radical (unpaired) electrons. The molecular weight excluding hydrogens is 166 g/mol. The van der Waals surface area contributed by atoms with E-state index >= 15 is 0 Å². The number of nitrogen functional groups attached to an aromatic ring is 1. The maximum Gasteiger partial charge on any atom is 0.248 e. The highest BCUT2D eigenvalue weighted by atomic mass is 16.1. The molecule has 1 aromatic heterocycles. The minimum Gasteiger partial charge on any atom is -0.323 e. The van der Waals surface area contributed by atoms with Crippen molar-refractivity contribution in [3.05, 3.63) is 40.7 Å². The third-order valence-corrected chi connectivity index (χ3v) is 1.92. The largest absolute Gasteiger partial charge is 0.323 e. The quantitative estimate of drug-likeness (QED) is 0.443. The van der Waals surface area contributed by atoms with Crippen LogP contribution in [0.5, 0.6) is 0 Å². The molecule has 4 nitrogen and oxygen atoms in total. The third kappa shape index (κ3) is 1.27. The molecule has 4 heteroatoms. The molecule has 0 aliphatic rings. The summed E-state index contributed by atoms with van der Waals surface area (Å²) >= 11 is 0. The van der Waals surface area contributed by atoms with E-state index in [9.17, 15) is 4.79 Å². The van der Waals surface area contributed by atoms with Crippen molar-refractivity contribution in [1.29, 1.82) is 0 Å². The van der Waals surface area contributed by atoms with Crippen LogP contribution in [0.3, 0.4) is 0 Å². The zero-order valence-corrected chi connectivity index (χ0v) is 6.87. The van der Waals surface area contributed by atoms with E-state index in [0.29, 0.717) is 0 Å². The predicted molar refractivity (Wildman–Crippen MR) is 52.4 cm³/mol. The van der Waals surface area contributed by atoms with E-state index in [4.69, 9.17) is 5.84 Å². The van der Waals surface area contributed by atoms with Crippen LogP contribution in [0.4, 0.5) is 5.69 Å². The molecule has 2 aromatic rings. The van der Waals surface area contributed by atoms with Crippen LogP contribution in [0.2, 0.25) is 0 Å². The first-order chi connectivity index (χ1) is 6.31. The van der Waals surface area contributed by atoms with Crippen molar-refractivity contribution in [3.63, 3.8) is 0 Å². The van der Waals surface area contributed by atoms with Gasteiger partial charge in [-0.25, -0.2) is 0 Å². The van der Waals surface area contributed by atoms with Crippen LogP contribution in [0.1, 0.15) is 0 Å². The number of nitrogens with two attached hydrogens (primary N) is 1. The number of aromatic amines is 1. The first-order valence-electron chi connectivity index (χ1n) is 3.90. The maximum atomic E-state index is 11.0. The summed E-state index contributed by atoms with van der Waals surface area (Å²) in [6.07, 6.45) is 0. The third-order valence-electron chi connectivity index (χ3n) is 1.92. The Morgan fingerprint density at radius 3 is 2.85 bits per heavy atom. The highest BCUT2D eigenvalue weighted by molar-refractivity contribution is 5.90. The van der Waals surface area contributed by atoms with Crippen molar-refractivity contribution < 1.29 is 0 Å². The Morgan fingerprint density at radius 2 is 2.08 bits per heavy atom. The average molecular weight is 175 g/mol. The highest BCUT2D eigenvalue weighted by Gasteiger charge is 1.98. The Morgan fingerprint density at radius 1 is 1.23 bits per heavy atom. The van der Waals surface area contributed by atoms with Gasteiger partial charge in [-0.15, -0.1) is 0 Å². The van der Waals surface area contributed by atoms with Crippen molar-refractivity contribution in [2.24, 2.45) is 5.84 Å². The van der Waals surface area contributed by atoms with Gasteiger partial charge in [-0.3, -0.25) is 10.6 Å². The number of fused-ring (bicyclic) bond motifs is 1. The second-order valence-electron chi connectivity index (χ2n) is 2.73. The Kier molecular flexibility index (Phi) is 1.75. The fourth-order valence-electron chi connectivity index (χ4n) is 1.31. The topological polar surface area (TPSA) is 70.9 Å². The molecule has 1 aromatic carbocycles. The molecule has 66 valence electrons. The highest BCUT2D eigenvalue weighted by Crippen LogP contribution is 2.18. The Bertz CT molecular complexity index is 489. The summed E-state index contributed by atoms with van der Waals surface area (Å²) in [4.78, 5) is 13.7. The zero-order valence-electron chi connectivity index (χ0n) is 6.87. The van der Waals surface area contributed by atoms with Crippen molar-refractivity contribution in [2.45, 2.75) is 0 Å². The Balaban J connectivity index is 2.85. The van der Waals surface area contributed by atoms with Gasteiger partial charge in [0.05, 0.1) is 11.2 Å². The van der Waals surface area contributed by atoms with Crippen molar-refractivity contribution in [2.75, 3.05) is 5.43 Å². The second kappa shape index (κ2) is 2.91. The first kappa shape index (κ1) is 7.82. The molecule has 2 rings (SSSR count). The van der Waals surface area contributed by atoms with Gasteiger partial charge in [-0.05, 0) is 18.2 Å². The average Bonchev–Trinajstić information content (AvgIpc) is 2.16. The number of H-pyrrole nitrogens is 1. The molecule has 0 bridgehead atoms.